The van der Waals surface area contributed by atoms with E-state index in [9.17, 15) is 8.78 Å². The zero-order valence-electron chi connectivity index (χ0n) is 14.4. The van der Waals surface area contributed by atoms with E-state index in [4.69, 9.17) is 0 Å². The number of alkyl halides is 2. The molecule has 0 spiro atoms. The van der Waals surface area contributed by atoms with Crippen molar-refractivity contribution in [3.05, 3.63) is 64.6 Å². The molecule has 3 heterocycles. The minimum Gasteiger partial charge on any atom is -0.339 e. The molecular formula is C20H21F2N3. The molecule has 5 heteroatoms. The topological polar surface area (TPSA) is 29.9 Å². The fourth-order valence-corrected chi connectivity index (χ4v) is 3.68. The van der Waals surface area contributed by atoms with E-state index in [-0.39, 0.29) is 12.2 Å². The summed E-state index contributed by atoms with van der Waals surface area (Å²) < 4.78 is 31.2. The zero-order valence-corrected chi connectivity index (χ0v) is 14.4. The Morgan fingerprint density at radius 1 is 1.20 bits per heavy atom. The summed E-state index contributed by atoms with van der Waals surface area (Å²) in [6.07, 6.45) is 2.51. The predicted octanol–water partition coefficient (Wildman–Crippen LogP) is 4.09. The summed E-state index contributed by atoms with van der Waals surface area (Å²) in [5, 5.41) is 3.80. The Labute approximate surface area is 145 Å². The van der Waals surface area contributed by atoms with Gasteiger partial charge >= 0.3 is 0 Å². The predicted molar refractivity (Wildman–Crippen MR) is 95.0 cm³/mol. The standard InChI is InChI=1S/C20H21F2N3/c1-13-3-6-18-16(9-13)17-11-23-12-20(21,22)19(17)25(18)8-7-15-5-4-14(2)24-10-15/h3-6,9-10,23H,7-8,11-12H2,1-2H3. The molecule has 0 aliphatic carbocycles. The first-order valence-electron chi connectivity index (χ1n) is 8.58. The van der Waals surface area contributed by atoms with Crippen LogP contribution in [0, 0.1) is 13.8 Å². The van der Waals surface area contributed by atoms with Crippen LogP contribution in [0.3, 0.4) is 0 Å². The van der Waals surface area contributed by atoms with E-state index < -0.39 is 5.92 Å². The molecule has 0 unspecified atom stereocenters. The first-order chi connectivity index (χ1) is 12.0. The molecule has 0 saturated heterocycles. The lowest BCUT2D eigenvalue weighted by molar-refractivity contribution is -0.0183. The summed E-state index contributed by atoms with van der Waals surface area (Å²) in [6, 6.07) is 9.95. The quantitative estimate of drug-likeness (QED) is 0.778. The molecule has 3 nitrogen and oxygen atoms in total. The maximum Gasteiger partial charge on any atom is 0.300 e. The van der Waals surface area contributed by atoms with E-state index >= 15 is 0 Å². The summed E-state index contributed by atoms with van der Waals surface area (Å²) in [4.78, 5) is 4.30. The van der Waals surface area contributed by atoms with E-state index in [1.807, 2.05) is 54.9 Å². The third-order valence-corrected chi connectivity index (χ3v) is 4.92. The molecule has 1 aliphatic heterocycles. The van der Waals surface area contributed by atoms with Crippen LogP contribution in [0.25, 0.3) is 10.9 Å². The Morgan fingerprint density at radius 3 is 2.80 bits per heavy atom. The molecule has 1 aliphatic rings. The van der Waals surface area contributed by atoms with Crippen LogP contribution in [-0.4, -0.2) is 16.1 Å². The highest BCUT2D eigenvalue weighted by molar-refractivity contribution is 5.87. The van der Waals surface area contributed by atoms with Crippen molar-refractivity contribution in [1.29, 1.82) is 0 Å². The van der Waals surface area contributed by atoms with Gasteiger partial charge in [0.25, 0.3) is 5.92 Å². The number of benzene rings is 1. The molecular weight excluding hydrogens is 320 g/mol. The first-order valence-corrected chi connectivity index (χ1v) is 8.58. The molecule has 0 bridgehead atoms. The normalized spacial score (nSPS) is 16.2. The van der Waals surface area contributed by atoms with Crippen LogP contribution in [0.4, 0.5) is 8.78 Å². The van der Waals surface area contributed by atoms with Gasteiger partial charge in [-0.3, -0.25) is 4.98 Å². The van der Waals surface area contributed by atoms with Crippen LogP contribution < -0.4 is 5.32 Å². The molecule has 1 aromatic carbocycles. The average molecular weight is 341 g/mol. The van der Waals surface area contributed by atoms with Crippen molar-refractivity contribution < 1.29 is 8.78 Å². The summed E-state index contributed by atoms with van der Waals surface area (Å²) >= 11 is 0. The monoisotopic (exact) mass is 341 g/mol. The highest BCUT2D eigenvalue weighted by Crippen LogP contribution is 2.39. The summed E-state index contributed by atoms with van der Waals surface area (Å²) in [6.45, 7) is 4.64. The number of pyridine rings is 1. The van der Waals surface area contributed by atoms with Crippen LogP contribution >= 0.6 is 0 Å². The first kappa shape index (κ1) is 16.2. The maximum absolute atomic E-state index is 14.7. The van der Waals surface area contributed by atoms with Crippen molar-refractivity contribution in [3.63, 3.8) is 0 Å². The van der Waals surface area contributed by atoms with Crippen LogP contribution in [0.15, 0.2) is 36.5 Å². The second-order valence-electron chi connectivity index (χ2n) is 6.87. The lowest BCUT2D eigenvalue weighted by atomic mass is 10.0. The van der Waals surface area contributed by atoms with Crippen LogP contribution in [0.2, 0.25) is 0 Å². The Kier molecular flexibility index (Phi) is 3.84. The van der Waals surface area contributed by atoms with E-state index in [0.717, 1.165) is 33.3 Å². The average Bonchev–Trinajstić information content (AvgIpc) is 2.89. The van der Waals surface area contributed by atoms with E-state index in [2.05, 4.69) is 10.3 Å². The SMILES string of the molecule is Cc1ccc2c(c1)c1c(n2CCc2ccc(C)nc2)C(F)(F)CNC1. The lowest BCUT2D eigenvalue weighted by Crippen LogP contribution is -2.38. The van der Waals surface area contributed by atoms with Crippen molar-refractivity contribution in [3.8, 4) is 0 Å². The smallest absolute Gasteiger partial charge is 0.300 e. The molecule has 0 fully saturated rings. The summed E-state index contributed by atoms with van der Waals surface area (Å²) in [5.41, 5.74) is 4.90. The molecule has 0 atom stereocenters. The van der Waals surface area contributed by atoms with Gasteiger partial charge in [-0.2, -0.15) is 8.78 Å². The van der Waals surface area contributed by atoms with Crippen molar-refractivity contribution in [1.82, 2.24) is 14.9 Å². The van der Waals surface area contributed by atoms with Gasteiger partial charge in [0.05, 0.1) is 12.2 Å². The van der Waals surface area contributed by atoms with Gasteiger partial charge in [-0.15, -0.1) is 0 Å². The largest absolute Gasteiger partial charge is 0.339 e. The van der Waals surface area contributed by atoms with Crippen molar-refractivity contribution in [2.75, 3.05) is 6.54 Å². The molecule has 1 N–H and O–H groups in total. The highest BCUT2D eigenvalue weighted by Gasteiger charge is 2.41. The van der Waals surface area contributed by atoms with Gasteiger partial charge in [0.1, 0.15) is 0 Å². The zero-order chi connectivity index (χ0) is 17.6. The van der Waals surface area contributed by atoms with E-state index in [0.29, 0.717) is 19.5 Å². The van der Waals surface area contributed by atoms with Gasteiger partial charge in [0, 0.05) is 41.4 Å². The molecule has 0 radical (unpaired) electrons. The Morgan fingerprint density at radius 2 is 2.04 bits per heavy atom. The highest BCUT2D eigenvalue weighted by atomic mass is 19.3. The molecule has 0 saturated carbocycles. The number of aryl methyl sites for hydroxylation is 4. The number of aromatic nitrogens is 2. The fraction of sp³-hybridized carbons (Fsp3) is 0.350. The van der Waals surface area contributed by atoms with Gasteiger partial charge in [0.2, 0.25) is 0 Å². The minimum atomic E-state index is -2.86. The summed E-state index contributed by atoms with van der Waals surface area (Å²) in [7, 11) is 0. The van der Waals surface area contributed by atoms with E-state index in [1.165, 1.54) is 0 Å². The number of hydrogen-bond donors (Lipinski definition) is 1. The molecule has 0 amide bonds. The van der Waals surface area contributed by atoms with Gasteiger partial charge in [0.15, 0.2) is 0 Å². The third kappa shape index (κ3) is 2.82. The molecule has 3 aromatic rings. The Bertz CT molecular complexity index is 926. The lowest BCUT2D eigenvalue weighted by Gasteiger charge is -2.26. The minimum absolute atomic E-state index is 0.173. The fourth-order valence-electron chi connectivity index (χ4n) is 3.68. The second-order valence-corrected chi connectivity index (χ2v) is 6.87. The molecule has 4 rings (SSSR count). The number of halogens is 2. The van der Waals surface area contributed by atoms with Gasteiger partial charge in [-0.25, -0.2) is 0 Å². The van der Waals surface area contributed by atoms with Crippen LogP contribution in [0.1, 0.15) is 28.1 Å². The van der Waals surface area contributed by atoms with Gasteiger partial charge in [-0.05, 0) is 44.0 Å². The Balaban J connectivity index is 1.80. The van der Waals surface area contributed by atoms with E-state index in [1.54, 1.807) is 0 Å². The number of nitrogens with zero attached hydrogens (tertiary/aromatic N) is 2. The second kappa shape index (κ2) is 5.92. The van der Waals surface area contributed by atoms with Crippen LogP contribution in [-0.2, 0) is 25.4 Å². The molecule has 25 heavy (non-hydrogen) atoms. The number of fused-ring (bicyclic) bond motifs is 3. The van der Waals surface area contributed by atoms with Crippen molar-refractivity contribution in [2.45, 2.75) is 39.3 Å². The van der Waals surface area contributed by atoms with Gasteiger partial charge in [-0.1, -0.05) is 17.7 Å². The third-order valence-electron chi connectivity index (χ3n) is 4.92. The maximum atomic E-state index is 14.7. The number of nitrogens with one attached hydrogen (secondary N) is 1. The number of rotatable bonds is 3. The number of hydrogen-bond acceptors (Lipinski definition) is 2. The summed E-state index contributed by atoms with van der Waals surface area (Å²) in [5.74, 6) is -2.86. The Hall–Kier alpha value is -2.27. The molecule has 2 aromatic heterocycles. The van der Waals surface area contributed by atoms with Gasteiger partial charge < -0.3 is 9.88 Å². The van der Waals surface area contributed by atoms with Crippen molar-refractivity contribution >= 4 is 10.9 Å². The molecule has 130 valence electrons. The van der Waals surface area contributed by atoms with Crippen molar-refractivity contribution in [2.24, 2.45) is 0 Å². The van der Waals surface area contributed by atoms with Crippen LogP contribution in [0.5, 0.6) is 0 Å².